The Hall–Kier alpha value is -1.60. The highest BCUT2D eigenvalue weighted by Crippen LogP contribution is 2.23. The fourth-order valence-corrected chi connectivity index (χ4v) is 3.24. The Morgan fingerprint density at radius 1 is 1.42 bits per heavy atom. The van der Waals surface area contributed by atoms with E-state index in [2.05, 4.69) is 32.4 Å². The van der Waals surface area contributed by atoms with Crippen LogP contribution in [0.2, 0.25) is 5.15 Å². The van der Waals surface area contributed by atoms with Crippen molar-refractivity contribution >= 4 is 23.3 Å². The van der Waals surface area contributed by atoms with Gasteiger partial charge in [-0.05, 0) is 39.3 Å². The molecule has 0 bridgehead atoms. The van der Waals surface area contributed by atoms with E-state index >= 15 is 0 Å². The molecule has 1 atom stereocenters. The van der Waals surface area contributed by atoms with Gasteiger partial charge in [0.05, 0.1) is 7.11 Å². The number of hydrogen-bond donors (Lipinski definition) is 2. The van der Waals surface area contributed by atoms with Crippen molar-refractivity contribution in [3.8, 4) is 5.88 Å². The highest BCUT2D eigenvalue weighted by atomic mass is 35.5. The maximum absolute atomic E-state index is 12.4. The van der Waals surface area contributed by atoms with Gasteiger partial charge in [-0.1, -0.05) is 18.5 Å². The number of hydrogen-bond acceptors (Lipinski definition) is 6. The van der Waals surface area contributed by atoms with Crippen LogP contribution in [-0.4, -0.2) is 60.1 Å². The van der Waals surface area contributed by atoms with Gasteiger partial charge in [-0.15, -0.1) is 0 Å². The summed E-state index contributed by atoms with van der Waals surface area (Å²) >= 11 is 6.08. The topological polar surface area (TPSA) is 79.4 Å². The lowest BCUT2D eigenvalue weighted by molar-refractivity contribution is 0.0940. The Labute approximate surface area is 148 Å². The van der Waals surface area contributed by atoms with Crippen LogP contribution in [-0.2, 0) is 0 Å². The number of ether oxygens (including phenoxy) is 1. The largest absolute Gasteiger partial charge is 0.479 e. The first kappa shape index (κ1) is 18.7. The molecule has 0 spiro atoms. The fourth-order valence-electron chi connectivity index (χ4n) is 3.04. The van der Waals surface area contributed by atoms with E-state index in [0.29, 0.717) is 24.9 Å². The lowest BCUT2D eigenvalue weighted by Gasteiger charge is -2.22. The normalized spacial score (nSPS) is 17.8. The molecule has 1 saturated heterocycles. The van der Waals surface area contributed by atoms with Crippen molar-refractivity contribution < 1.29 is 9.53 Å². The molecule has 1 aliphatic rings. The second kappa shape index (κ2) is 9.03. The van der Waals surface area contributed by atoms with Crippen LogP contribution in [0.3, 0.4) is 0 Å². The van der Waals surface area contributed by atoms with Crippen LogP contribution < -0.4 is 15.4 Å². The molecule has 24 heavy (non-hydrogen) atoms. The summed E-state index contributed by atoms with van der Waals surface area (Å²) in [4.78, 5) is 23.2. The molecule has 2 N–H and O–H groups in total. The lowest BCUT2D eigenvalue weighted by atomic mass is 10.1. The minimum Gasteiger partial charge on any atom is -0.479 e. The summed E-state index contributed by atoms with van der Waals surface area (Å²) in [6.07, 6.45) is 3.35. The molecular weight excluding hydrogens is 330 g/mol. The molecule has 2 heterocycles. The molecule has 0 aromatic carbocycles. The number of aromatic nitrogens is 2. The quantitative estimate of drug-likeness (QED) is 0.744. The monoisotopic (exact) mass is 355 g/mol. The number of halogens is 1. The highest BCUT2D eigenvalue weighted by molar-refractivity contribution is 6.31. The van der Waals surface area contributed by atoms with E-state index in [9.17, 15) is 4.79 Å². The summed E-state index contributed by atoms with van der Waals surface area (Å²) < 4.78 is 5.18. The Kier molecular flexibility index (Phi) is 7.05. The van der Waals surface area contributed by atoms with Crippen molar-refractivity contribution in [1.82, 2.24) is 20.2 Å². The van der Waals surface area contributed by atoms with Gasteiger partial charge < -0.3 is 20.3 Å². The molecule has 0 radical (unpaired) electrons. The molecule has 1 fully saturated rings. The molecule has 1 aromatic heterocycles. The third-order valence-electron chi connectivity index (χ3n) is 4.24. The van der Waals surface area contributed by atoms with Crippen LogP contribution in [0, 0.1) is 0 Å². The smallest absolute Gasteiger partial charge is 0.275 e. The van der Waals surface area contributed by atoms with Crippen LogP contribution in [0.4, 0.5) is 5.82 Å². The molecular formula is C16H26ClN5O2. The van der Waals surface area contributed by atoms with Crippen LogP contribution in [0.1, 0.15) is 43.6 Å². The number of amides is 1. The third-order valence-corrected chi connectivity index (χ3v) is 4.51. The lowest BCUT2D eigenvalue weighted by Crippen LogP contribution is -2.34. The van der Waals surface area contributed by atoms with Crippen molar-refractivity contribution in [2.75, 3.05) is 38.6 Å². The molecule has 1 aromatic rings. The van der Waals surface area contributed by atoms with Gasteiger partial charge in [0.15, 0.2) is 16.7 Å². The number of methoxy groups -OCH3 is 1. The van der Waals surface area contributed by atoms with E-state index < -0.39 is 0 Å². The Bertz CT molecular complexity index is 570. The zero-order valence-electron chi connectivity index (χ0n) is 14.6. The van der Waals surface area contributed by atoms with Gasteiger partial charge in [0, 0.05) is 19.1 Å². The van der Waals surface area contributed by atoms with E-state index in [-0.39, 0.29) is 22.6 Å². The Balaban J connectivity index is 1.97. The van der Waals surface area contributed by atoms with Gasteiger partial charge in [0.25, 0.3) is 5.91 Å². The fraction of sp³-hybridized carbons (Fsp3) is 0.688. The molecule has 7 nitrogen and oxygen atoms in total. The first-order valence-corrected chi connectivity index (χ1v) is 8.86. The van der Waals surface area contributed by atoms with Gasteiger partial charge in [0.2, 0.25) is 5.88 Å². The predicted molar refractivity (Wildman–Crippen MR) is 95.0 cm³/mol. The van der Waals surface area contributed by atoms with Crippen molar-refractivity contribution in [2.45, 2.75) is 39.2 Å². The number of anilines is 1. The van der Waals surface area contributed by atoms with Gasteiger partial charge in [0.1, 0.15) is 0 Å². The van der Waals surface area contributed by atoms with Gasteiger partial charge in [-0.2, -0.15) is 4.98 Å². The van der Waals surface area contributed by atoms with Crippen molar-refractivity contribution in [1.29, 1.82) is 0 Å². The summed E-state index contributed by atoms with van der Waals surface area (Å²) in [5.74, 6) is 0.270. The Morgan fingerprint density at radius 2 is 2.21 bits per heavy atom. The summed E-state index contributed by atoms with van der Waals surface area (Å²) in [6.45, 7) is 7.55. The molecule has 1 amide bonds. The second-order valence-electron chi connectivity index (χ2n) is 5.72. The number of nitrogens with one attached hydrogen (secondary N) is 2. The molecule has 1 unspecified atom stereocenters. The third kappa shape index (κ3) is 4.48. The maximum atomic E-state index is 12.4. The van der Waals surface area contributed by atoms with E-state index in [1.807, 2.05) is 6.92 Å². The molecule has 1 aliphatic heterocycles. The molecule has 0 aliphatic carbocycles. The number of rotatable bonds is 8. The van der Waals surface area contributed by atoms with E-state index in [1.165, 1.54) is 20.0 Å². The van der Waals surface area contributed by atoms with E-state index in [1.54, 1.807) is 0 Å². The number of likely N-dealkylation sites (tertiary alicyclic amines) is 1. The minimum absolute atomic E-state index is 0.114. The Morgan fingerprint density at radius 3 is 2.88 bits per heavy atom. The van der Waals surface area contributed by atoms with E-state index in [4.69, 9.17) is 16.3 Å². The van der Waals surface area contributed by atoms with Crippen LogP contribution in [0.5, 0.6) is 5.88 Å². The van der Waals surface area contributed by atoms with E-state index in [0.717, 1.165) is 19.5 Å². The molecule has 134 valence electrons. The number of nitrogens with zero attached hydrogens (tertiary/aromatic N) is 3. The van der Waals surface area contributed by atoms with Crippen LogP contribution in [0.25, 0.3) is 0 Å². The van der Waals surface area contributed by atoms with Gasteiger partial charge >= 0.3 is 0 Å². The second-order valence-corrected chi connectivity index (χ2v) is 6.08. The van der Waals surface area contributed by atoms with Crippen molar-refractivity contribution in [3.63, 3.8) is 0 Å². The maximum Gasteiger partial charge on any atom is 0.275 e. The summed E-state index contributed by atoms with van der Waals surface area (Å²) in [7, 11) is 1.46. The highest BCUT2D eigenvalue weighted by Gasteiger charge is 2.23. The number of carbonyl (C=O) groups excluding carboxylic acids is 1. The first-order valence-electron chi connectivity index (χ1n) is 8.48. The van der Waals surface area contributed by atoms with Crippen LogP contribution in [0.15, 0.2) is 0 Å². The average Bonchev–Trinajstić information content (AvgIpc) is 3.03. The summed E-state index contributed by atoms with van der Waals surface area (Å²) in [5.41, 5.74) is 0.114. The summed E-state index contributed by atoms with van der Waals surface area (Å²) in [5, 5.41) is 6.04. The van der Waals surface area contributed by atoms with Gasteiger partial charge in [-0.3, -0.25) is 4.79 Å². The minimum atomic E-state index is -0.314. The first-order chi connectivity index (χ1) is 11.6. The molecule has 0 saturated carbocycles. The molecule has 2 rings (SSSR count). The molecule has 8 heteroatoms. The SMILES string of the molecule is CCNc1nc(OC)c(C(=O)NCCC2CCCN2CC)nc1Cl. The average molecular weight is 356 g/mol. The zero-order valence-corrected chi connectivity index (χ0v) is 15.3. The van der Waals surface area contributed by atoms with Gasteiger partial charge in [-0.25, -0.2) is 4.98 Å². The zero-order chi connectivity index (χ0) is 17.5. The van der Waals surface area contributed by atoms with Crippen molar-refractivity contribution in [3.05, 3.63) is 10.8 Å². The predicted octanol–water partition coefficient (Wildman–Crippen LogP) is 2.17. The van der Waals surface area contributed by atoms with Crippen molar-refractivity contribution in [2.24, 2.45) is 0 Å². The number of carbonyl (C=O) groups is 1. The standard InChI is InChI=1S/C16H26ClN5O2/c1-4-18-14-13(17)20-12(16(21-14)24-3)15(23)19-9-8-11-7-6-10-22(11)5-2/h11H,4-10H2,1-3H3,(H,18,21)(H,19,23). The summed E-state index contributed by atoms with van der Waals surface area (Å²) in [6, 6.07) is 0.544. The van der Waals surface area contributed by atoms with Crippen LogP contribution >= 0.6 is 11.6 Å².